The van der Waals surface area contributed by atoms with Crippen molar-refractivity contribution < 1.29 is 4.74 Å². The van der Waals surface area contributed by atoms with Crippen LogP contribution in [0.15, 0.2) is 46.3 Å². The third-order valence-corrected chi connectivity index (χ3v) is 3.41. The Bertz CT molecular complexity index is 588. The van der Waals surface area contributed by atoms with Crippen molar-refractivity contribution >= 4 is 11.8 Å². The molecule has 0 atom stereocenters. The van der Waals surface area contributed by atoms with Crippen LogP contribution < -0.4 is 4.74 Å². The lowest BCUT2D eigenvalue weighted by molar-refractivity contribution is 0.414. The van der Waals surface area contributed by atoms with Crippen molar-refractivity contribution in [3.63, 3.8) is 0 Å². The number of nitriles is 1. The first-order chi connectivity index (χ1) is 8.72. The molecule has 2 aromatic rings. The van der Waals surface area contributed by atoms with Gasteiger partial charge < -0.3 is 4.74 Å². The minimum absolute atomic E-state index is 0.599. The Morgan fingerprint density at radius 1 is 1.17 bits per heavy atom. The normalized spacial score (nSPS) is 9.83. The fourth-order valence-corrected chi connectivity index (χ4v) is 2.36. The largest absolute Gasteiger partial charge is 0.497 e. The van der Waals surface area contributed by atoms with Crippen LogP contribution in [0.5, 0.6) is 5.75 Å². The molecule has 1 heterocycles. The summed E-state index contributed by atoms with van der Waals surface area (Å²) in [6.07, 6.45) is 0. The van der Waals surface area contributed by atoms with Crippen LogP contribution in [0.1, 0.15) is 11.3 Å². The van der Waals surface area contributed by atoms with Gasteiger partial charge in [-0.3, -0.25) is 0 Å². The van der Waals surface area contributed by atoms with Crippen LogP contribution in [-0.4, -0.2) is 12.1 Å². The molecule has 0 radical (unpaired) electrons. The highest BCUT2D eigenvalue weighted by Gasteiger charge is 2.06. The summed E-state index contributed by atoms with van der Waals surface area (Å²) in [5.41, 5.74) is 1.51. The van der Waals surface area contributed by atoms with Gasteiger partial charge in [-0.15, -0.1) is 0 Å². The molecule has 18 heavy (non-hydrogen) atoms. The number of hydrogen-bond acceptors (Lipinski definition) is 4. The Morgan fingerprint density at radius 3 is 2.50 bits per heavy atom. The Labute approximate surface area is 110 Å². The quantitative estimate of drug-likeness (QED) is 0.844. The van der Waals surface area contributed by atoms with Crippen molar-refractivity contribution in [1.29, 1.82) is 5.26 Å². The molecule has 0 fully saturated rings. The van der Waals surface area contributed by atoms with E-state index in [1.165, 1.54) is 11.8 Å². The van der Waals surface area contributed by atoms with Crippen LogP contribution in [0.4, 0.5) is 0 Å². The number of nitrogens with zero attached hydrogens (tertiary/aromatic N) is 2. The molecular formula is C14H12N2OS. The highest BCUT2D eigenvalue weighted by molar-refractivity contribution is 7.99. The van der Waals surface area contributed by atoms with Gasteiger partial charge in [0.25, 0.3) is 0 Å². The topological polar surface area (TPSA) is 45.9 Å². The molecule has 0 aliphatic carbocycles. The lowest BCUT2D eigenvalue weighted by atomic mass is 10.3. The first-order valence-corrected chi connectivity index (χ1v) is 6.24. The van der Waals surface area contributed by atoms with Crippen molar-refractivity contribution in [1.82, 2.24) is 4.98 Å². The SMILES string of the molecule is COc1ccc(Sc2nc(C)ccc2C#N)cc1. The summed E-state index contributed by atoms with van der Waals surface area (Å²) in [5, 5.41) is 9.78. The molecule has 2 rings (SSSR count). The molecule has 0 aliphatic heterocycles. The molecule has 0 saturated heterocycles. The monoisotopic (exact) mass is 256 g/mol. The summed E-state index contributed by atoms with van der Waals surface area (Å²) in [5.74, 6) is 0.817. The fraction of sp³-hybridized carbons (Fsp3) is 0.143. The maximum Gasteiger partial charge on any atom is 0.119 e. The van der Waals surface area contributed by atoms with Crippen LogP contribution in [0.3, 0.4) is 0 Å². The van der Waals surface area contributed by atoms with Crippen molar-refractivity contribution in [3.8, 4) is 11.8 Å². The minimum Gasteiger partial charge on any atom is -0.497 e. The summed E-state index contributed by atoms with van der Waals surface area (Å²) in [6.45, 7) is 1.92. The zero-order valence-electron chi connectivity index (χ0n) is 10.2. The molecule has 0 bridgehead atoms. The summed E-state index contributed by atoms with van der Waals surface area (Å²) in [6, 6.07) is 13.5. The number of aryl methyl sites for hydroxylation is 1. The number of hydrogen-bond donors (Lipinski definition) is 0. The van der Waals surface area contributed by atoms with Crippen LogP contribution in [0.25, 0.3) is 0 Å². The second-order valence-corrected chi connectivity index (χ2v) is 4.76. The van der Waals surface area contributed by atoms with Crippen molar-refractivity contribution in [2.24, 2.45) is 0 Å². The fourth-order valence-electron chi connectivity index (χ4n) is 1.45. The van der Waals surface area contributed by atoms with Gasteiger partial charge in [-0.25, -0.2) is 4.98 Å². The molecule has 3 nitrogen and oxygen atoms in total. The highest BCUT2D eigenvalue weighted by Crippen LogP contribution is 2.29. The number of ether oxygens (including phenoxy) is 1. The molecule has 0 unspecified atom stereocenters. The van der Waals surface area contributed by atoms with Gasteiger partial charge in [0.1, 0.15) is 16.8 Å². The van der Waals surface area contributed by atoms with Gasteiger partial charge in [0.05, 0.1) is 12.7 Å². The van der Waals surface area contributed by atoms with Gasteiger partial charge in [0.2, 0.25) is 0 Å². The second-order valence-electron chi connectivity index (χ2n) is 3.69. The predicted octanol–water partition coefficient (Wildman–Crippen LogP) is 3.42. The molecule has 0 saturated carbocycles. The van der Waals surface area contributed by atoms with E-state index in [0.717, 1.165) is 21.4 Å². The maximum atomic E-state index is 9.05. The Balaban J connectivity index is 2.27. The predicted molar refractivity (Wildman–Crippen MR) is 70.8 cm³/mol. The van der Waals surface area contributed by atoms with E-state index in [0.29, 0.717) is 5.56 Å². The molecule has 1 aromatic carbocycles. The Hall–Kier alpha value is -1.99. The molecule has 0 aliphatic rings. The third-order valence-electron chi connectivity index (χ3n) is 2.39. The average Bonchev–Trinajstić information content (AvgIpc) is 2.40. The first-order valence-electron chi connectivity index (χ1n) is 5.42. The summed E-state index contributed by atoms with van der Waals surface area (Å²) >= 11 is 1.48. The van der Waals surface area contributed by atoms with E-state index in [2.05, 4.69) is 11.1 Å². The van der Waals surface area contributed by atoms with Gasteiger partial charge >= 0.3 is 0 Å². The molecular weight excluding hydrogens is 244 g/mol. The van der Waals surface area contributed by atoms with Crippen LogP contribution in [-0.2, 0) is 0 Å². The summed E-state index contributed by atoms with van der Waals surface area (Å²) in [4.78, 5) is 5.42. The zero-order chi connectivity index (χ0) is 13.0. The maximum absolute atomic E-state index is 9.05. The Kier molecular flexibility index (Phi) is 3.85. The van der Waals surface area contributed by atoms with Gasteiger partial charge in [0.15, 0.2) is 0 Å². The van der Waals surface area contributed by atoms with Gasteiger partial charge in [-0.05, 0) is 43.3 Å². The summed E-state index contributed by atoms with van der Waals surface area (Å²) < 4.78 is 5.11. The average molecular weight is 256 g/mol. The van der Waals surface area contributed by atoms with Crippen molar-refractivity contribution in [3.05, 3.63) is 47.7 Å². The van der Waals surface area contributed by atoms with Gasteiger partial charge in [0, 0.05) is 10.6 Å². The number of benzene rings is 1. The standard InChI is InChI=1S/C14H12N2OS/c1-10-3-4-11(9-15)14(16-10)18-13-7-5-12(17-2)6-8-13/h3-8H,1-2H3. The summed E-state index contributed by atoms with van der Waals surface area (Å²) in [7, 11) is 1.64. The minimum atomic E-state index is 0.599. The number of methoxy groups -OCH3 is 1. The second kappa shape index (κ2) is 5.56. The zero-order valence-corrected chi connectivity index (χ0v) is 11.0. The van der Waals surface area contributed by atoms with Crippen molar-refractivity contribution in [2.45, 2.75) is 16.8 Å². The molecule has 4 heteroatoms. The van der Waals surface area contributed by atoms with E-state index < -0.39 is 0 Å². The number of aromatic nitrogens is 1. The lowest BCUT2D eigenvalue weighted by Crippen LogP contribution is -1.89. The van der Waals surface area contributed by atoms with Crippen LogP contribution in [0, 0.1) is 18.3 Å². The smallest absolute Gasteiger partial charge is 0.119 e. The number of rotatable bonds is 3. The molecule has 1 aromatic heterocycles. The highest BCUT2D eigenvalue weighted by atomic mass is 32.2. The third kappa shape index (κ3) is 2.82. The number of pyridine rings is 1. The van der Waals surface area contributed by atoms with E-state index in [1.807, 2.05) is 37.3 Å². The van der Waals surface area contributed by atoms with Gasteiger partial charge in [-0.2, -0.15) is 5.26 Å². The van der Waals surface area contributed by atoms with Gasteiger partial charge in [-0.1, -0.05) is 11.8 Å². The first kappa shape index (κ1) is 12.5. The van der Waals surface area contributed by atoms with E-state index in [4.69, 9.17) is 10.00 Å². The van der Waals surface area contributed by atoms with E-state index >= 15 is 0 Å². The molecule has 90 valence electrons. The lowest BCUT2D eigenvalue weighted by Gasteiger charge is -2.05. The molecule has 0 amide bonds. The van der Waals surface area contributed by atoms with E-state index in [1.54, 1.807) is 13.2 Å². The van der Waals surface area contributed by atoms with Crippen LogP contribution in [0.2, 0.25) is 0 Å². The van der Waals surface area contributed by atoms with Crippen LogP contribution >= 0.6 is 11.8 Å². The van der Waals surface area contributed by atoms with E-state index in [9.17, 15) is 0 Å². The van der Waals surface area contributed by atoms with Crippen molar-refractivity contribution in [2.75, 3.05) is 7.11 Å². The Morgan fingerprint density at radius 2 is 1.89 bits per heavy atom. The molecule has 0 spiro atoms. The van der Waals surface area contributed by atoms with E-state index in [-0.39, 0.29) is 0 Å². The molecule has 0 N–H and O–H groups in total.